The molecule has 0 radical (unpaired) electrons. The molecule has 0 aliphatic rings. The van der Waals surface area contributed by atoms with Crippen LogP contribution in [0.25, 0.3) is 0 Å². The largest absolute Gasteiger partial charge is 0.480 e. The highest BCUT2D eigenvalue weighted by Crippen LogP contribution is 1.95. The maximum absolute atomic E-state index is 10.9. The van der Waals surface area contributed by atoms with Gasteiger partial charge in [-0.25, -0.2) is 8.42 Å². The van der Waals surface area contributed by atoms with Gasteiger partial charge >= 0.3 is 5.97 Å². The summed E-state index contributed by atoms with van der Waals surface area (Å²) in [5.74, 6) is -0.792. The third-order valence-corrected chi connectivity index (χ3v) is 3.21. The zero-order chi connectivity index (χ0) is 12.8. The minimum absolute atomic E-state index is 0.0980. The minimum Gasteiger partial charge on any atom is -0.480 e. The molecule has 0 heterocycles. The number of nitrogens with one attached hydrogen (secondary N) is 1. The van der Waals surface area contributed by atoms with Crippen molar-refractivity contribution in [2.24, 2.45) is 0 Å². The lowest BCUT2D eigenvalue weighted by atomic mass is 10.2. The molecular weight excluding hydrogens is 232 g/mol. The van der Waals surface area contributed by atoms with Gasteiger partial charge in [0, 0.05) is 12.8 Å². The number of likely N-dealkylation sites (N-methyl/N-ethyl adjacent to an activating group) is 1. The Morgan fingerprint density at radius 1 is 1.44 bits per heavy atom. The van der Waals surface area contributed by atoms with Crippen molar-refractivity contribution in [2.45, 2.75) is 12.5 Å². The summed E-state index contributed by atoms with van der Waals surface area (Å²) in [5.41, 5.74) is 0. The quantitative estimate of drug-likeness (QED) is 0.578. The van der Waals surface area contributed by atoms with E-state index >= 15 is 0 Å². The van der Waals surface area contributed by atoms with Gasteiger partial charge in [0.1, 0.15) is 15.9 Å². The van der Waals surface area contributed by atoms with Crippen molar-refractivity contribution >= 4 is 15.8 Å². The normalized spacial score (nSPS) is 14.0. The Kier molecular flexibility index (Phi) is 6.54. The Labute approximate surface area is 96.5 Å². The summed E-state index contributed by atoms with van der Waals surface area (Å²) < 4.78 is 21.8. The van der Waals surface area contributed by atoms with Crippen LogP contribution < -0.4 is 5.32 Å². The zero-order valence-electron chi connectivity index (χ0n) is 9.93. The van der Waals surface area contributed by atoms with Crippen molar-refractivity contribution in [3.05, 3.63) is 0 Å². The van der Waals surface area contributed by atoms with Crippen molar-refractivity contribution in [3.63, 3.8) is 0 Å². The molecule has 0 aromatic heterocycles. The first-order valence-electron chi connectivity index (χ1n) is 5.02. The van der Waals surface area contributed by atoms with Gasteiger partial charge in [0.2, 0.25) is 0 Å². The number of rotatable bonds is 8. The molecule has 1 unspecified atom stereocenters. The van der Waals surface area contributed by atoms with Gasteiger partial charge in [-0.3, -0.25) is 4.79 Å². The highest BCUT2D eigenvalue weighted by Gasteiger charge is 2.15. The Morgan fingerprint density at radius 2 is 2.00 bits per heavy atom. The van der Waals surface area contributed by atoms with Gasteiger partial charge in [0.05, 0.1) is 5.75 Å². The fraction of sp³-hybridized carbons (Fsp3) is 0.889. The van der Waals surface area contributed by atoms with E-state index in [1.807, 2.05) is 4.90 Å². The van der Waals surface area contributed by atoms with Crippen LogP contribution in [0.4, 0.5) is 0 Å². The molecule has 0 fully saturated rings. The predicted octanol–water partition coefficient (Wildman–Crippen LogP) is -0.974. The summed E-state index contributed by atoms with van der Waals surface area (Å²) in [6.45, 7) is 0.974. The van der Waals surface area contributed by atoms with Gasteiger partial charge < -0.3 is 15.3 Å². The molecular formula is C9H20N2O4S. The average molecular weight is 252 g/mol. The summed E-state index contributed by atoms with van der Waals surface area (Å²) in [5, 5.41) is 11.5. The second-order valence-corrected chi connectivity index (χ2v) is 6.16. The van der Waals surface area contributed by atoms with Gasteiger partial charge in [0.15, 0.2) is 0 Å². The van der Waals surface area contributed by atoms with Crippen LogP contribution in [0.15, 0.2) is 0 Å². The Morgan fingerprint density at radius 3 is 2.38 bits per heavy atom. The van der Waals surface area contributed by atoms with Crippen molar-refractivity contribution < 1.29 is 18.3 Å². The number of hydrogen-bond donors (Lipinski definition) is 2. The van der Waals surface area contributed by atoms with Crippen molar-refractivity contribution in [3.8, 4) is 0 Å². The first-order valence-corrected chi connectivity index (χ1v) is 7.08. The Bertz CT molecular complexity index is 315. The van der Waals surface area contributed by atoms with Crippen LogP contribution in [0.5, 0.6) is 0 Å². The third kappa shape index (κ3) is 7.61. The molecule has 6 nitrogen and oxygen atoms in total. The molecule has 0 aromatic rings. The second kappa shape index (κ2) is 6.82. The highest BCUT2D eigenvalue weighted by atomic mass is 32.2. The molecule has 0 aliphatic carbocycles. The number of carboxylic acid groups (broad SMARTS) is 1. The van der Waals surface area contributed by atoms with E-state index in [1.54, 1.807) is 14.1 Å². The molecule has 0 rings (SSSR count). The SMILES string of the molecule is CNC(CCN(C)CCS(C)(=O)=O)C(=O)O. The van der Waals surface area contributed by atoms with E-state index in [-0.39, 0.29) is 5.75 Å². The van der Waals surface area contributed by atoms with Crippen LogP contribution in [0.3, 0.4) is 0 Å². The van der Waals surface area contributed by atoms with E-state index in [4.69, 9.17) is 5.11 Å². The molecule has 2 N–H and O–H groups in total. The zero-order valence-corrected chi connectivity index (χ0v) is 10.7. The smallest absolute Gasteiger partial charge is 0.320 e. The van der Waals surface area contributed by atoms with E-state index in [0.717, 1.165) is 0 Å². The summed E-state index contributed by atoms with van der Waals surface area (Å²) >= 11 is 0. The van der Waals surface area contributed by atoms with Crippen molar-refractivity contribution in [1.29, 1.82) is 0 Å². The topological polar surface area (TPSA) is 86.7 Å². The van der Waals surface area contributed by atoms with E-state index in [2.05, 4.69) is 5.32 Å². The number of hydrogen-bond acceptors (Lipinski definition) is 5. The number of carboxylic acids is 1. The molecule has 0 aliphatic heterocycles. The molecule has 0 amide bonds. The van der Waals surface area contributed by atoms with Gasteiger partial charge in [-0.15, -0.1) is 0 Å². The van der Waals surface area contributed by atoms with Crippen molar-refractivity contribution in [1.82, 2.24) is 10.2 Å². The second-order valence-electron chi connectivity index (χ2n) is 3.90. The lowest BCUT2D eigenvalue weighted by molar-refractivity contribution is -0.139. The molecule has 16 heavy (non-hydrogen) atoms. The Balaban J connectivity index is 3.88. The third-order valence-electron chi connectivity index (χ3n) is 2.29. The molecule has 7 heteroatoms. The molecule has 0 spiro atoms. The van der Waals surface area contributed by atoms with Crippen LogP contribution in [0.2, 0.25) is 0 Å². The summed E-state index contributed by atoms with van der Waals surface area (Å²) in [7, 11) is 0.417. The lowest BCUT2D eigenvalue weighted by Gasteiger charge is -2.18. The molecule has 0 aromatic carbocycles. The van der Waals surface area contributed by atoms with E-state index < -0.39 is 21.8 Å². The maximum Gasteiger partial charge on any atom is 0.320 e. The van der Waals surface area contributed by atoms with Gasteiger partial charge in [0.25, 0.3) is 0 Å². The summed E-state index contributed by atoms with van der Waals surface area (Å²) in [6, 6.07) is -0.583. The monoisotopic (exact) mass is 252 g/mol. The van der Waals surface area contributed by atoms with Crippen LogP contribution in [-0.2, 0) is 14.6 Å². The molecule has 0 saturated heterocycles. The van der Waals surface area contributed by atoms with Crippen LogP contribution in [0, 0.1) is 0 Å². The van der Waals surface area contributed by atoms with Crippen LogP contribution in [0.1, 0.15) is 6.42 Å². The highest BCUT2D eigenvalue weighted by molar-refractivity contribution is 7.90. The van der Waals surface area contributed by atoms with Crippen LogP contribution >= 0.6 is 0 Å². The molecule has 0 saturated carbocycles. The first-order chi connectivity index (χ1) is 7.26. The van der Waals surface area contributed by atoms with E-state index in [0.29, 0.717) is 19.5 Å². The first kappa shape index (κ1) is 15.3. The fourth-order valence-electron chi connectivity index (χ4n) is 1.17. The van der Waals surface area contributed by atoms with E-state index in [1.165, 1.54) is 6.26 Å². The van der Waals surface area contributed by atoms with Gasteiger partial charge in [-0.05, 0) is 27.1 Å². The Hall–Kier alpha value is -0.660. The predicted molar refractivity (Wildman–Crippen MR) is 62.3 cm³/mol. The number of aliphatic carboxylic acids is 1. The summed E-state index contributed by atoms with van der Waals surface area (Å²) in [6.07, 6.45) is 1.64. The fourth-order valence-corrected chi connectivity index (χ4v) is 1.82. The van der Waals surface area contributed by atoms with Gasteiger partial charge in [-0.2, -0.15) is 0 Å². The summed E-state index contributed by atoms with van der Waals surface area (Å²) in [4.78, 5) is 12.5. The standard InChI is InChI=1S/C9H20N2O4S/c1-10-8(9(12)13)4-5-11(2)6-7-16(3,14)15/h8,10H,4-7H2,1-3H3,(H,12,13). The van der Waals surface area contributed by atoms with Crippen LogP contribution in [-0.4, -0.2) is 69.6 Å². The molecule has 0 bridgehead atoms. The number of carbonyl (C=O) groups is 1. The van der Waals surface area contributed by atoms with Gasteiger partial charge in [-0.1, -0.05) is 0 Å². The molecule has 1 atom stereocenters. The minimum atomic E-state index is -2.95. The molecule has 96 valence electrons. The number of sulfone groups is 1. The van der Waals surface area contributed by atoms with E-state index in [9.17, 15) is 13.2 Å². The average Bonchev–Trinajstić information content (AvgIpc) is 2.14. The lowest BCUT2D eigenvalue weighted by Crippen LogP contribution is -2.37. The number of nitrogens with zero attached hydrogens (tertiary/aromatic N) is 1. The maximum atomic E-state index is 10.9. The van der Waals surface area contributed by atoms with Crippen molar-refractivity contribution in [2.75, 3.05) is 39.2 Å².